The summed E-state index contributed by atoms with van der Waals surface area (Å²) < 4.78 is 11.2. The third-order valence-electron chi connectivity index (χ3n) is 4.90. The van der Waals surface area contributed by atoms with E-state index in [0.29, 0.717) is 37.9 Å². The van der Waals surface area contributed by atoms with E-state index in [-0.39, 0.29) is 11.5 Å². The zero-order valence-corrected chi connectivity index (χ0v) is 19.4. The van der Waals surface area contributed by atoms with E-state index in [1.54, 1.807) is 41.3 Å². The largest absolute Gasteiger partial charge is 0.465 e. The molecule has 1 aliphatic heterocycles. The lowest BCUT2D eigenvalue weighted by molar-refractivity contribution is -0.122. The molecular weight excluding hydrogens is 466 g/mol. The van der Waals surface area contributed by atoms with Gasteiger partial charge in [-0.3, -0.25) is 9.69 Å². The molecule has 1 saturated heterocycles. The fourth-order valence-corrected chi connectivity index (χ4v) is 4.72. The smallest absolute Gasteiger partial charge is 0.339 e. The molecule has 1 fully saturated rings. The second kappa shape index (κ2) is 9.73. The van der Waals surface area contributed by atoms with E-state index < -0.39 is 5.97 Å². The van der Waals surface area contributed by atoms with Crippen molar-refractivity contribution in [3.63, 3.8) is 0 Å². The van der Waals surface area contributed by atoms with Crippen LogP contribution in [-0.2, 0) is 16.0 Å². The van der Waals surface area contributed by atoms with Crippen LogP contribution in [0.15, 0.2) is 70.0 Å². The van der Waals surface area contributed by atoms with Gasteiger partial charge in [0.1, 0.15) is 15.8 Å². The summed E-state index contributed by atoms with van der Waals surface area (Å²) in [5, 5.41) is 0.298. The van der Waals surface area contributed by atoms with Crippen LogP contribution in [0.4, 0.5) is 0 Å². The van der Waals surface area contributed by atoms with Crippen molar-refractivity contribution in [2.24, 2.45) is 0 Å². The van der Waals surface area contributed by atoms with E-state index in [1.807, 2.05) is 30.3 Å². The van der Waals surface area contributed by atoms with Crippen LogP contribution in [0.5, 0.6) is 0 Å². The fourth-order valence-electron chi connectivity index (χ4n) is 3.24. The number of benzene rings is 2. The first-order valence-corrected chi connectivity index (χ1v) is 11.3. The number of hydrogen-bond donors (Lipinski definition) is 0. The Hall–Kier alpha value is -2.87. The van der Waals surface area contributed by atoms with Gasteiger partial charge in [-0.15, -0.1) is 0 Å². The molecule has 1 amide bonds. The molecule has 0 atom stereocenters. The number of amides is 1. The Morgan fingerprint density at radius 1 is 1.19 bits per heavy atom. The number of carbonyl (C=O) groups is 2. The molecule has 2 aromatic carbocycles. The van der Waals surface area contributed by atoms with Gasteiger partial charge in [-0.25, -0.2) is 4.79 Å². The minimum Gasteiger partial charge on any atom is -0.465 e. The normalized spacial score (nSPS) is 14.9. The van der Waals surface area contributed by atoms with Crippen molar-refractivity contribution >= 4 is 57.9 Å². The monoisotopic (exact) mass is 483 g/mol. The van der Waals surface area contributed by atoms with Crippen molar-refractivity contribution in [2.75, 3.05) is 13.7 Å². The van der Waals surface area contributed by atoms with E-state index in [4.69, 9.17) is 33.0 Å². The molecule has 1 aromatic heterocycles. The average Bonchev–Trinajstić information content (AvgIpc) is 3.37. The quantitative estimate of drug-likeness (QED) is 0.250. The highest BCUT2D eigenvalue weighted by Gasteiger charge is 2.32. The molecule has 162 valence electrons. The standard InChI is InChI=1S/C24H18ClNO4S2/c1-29-23(28)18-13-16(7-9-19(18)25)20-10-8-17(30-20)14-21-22(27)26(24(31)32-21)12-11-15-5-3-2-4-6-15/h2-10,13-14H,11-12H2,1H3. The maximum absolute atomic E-state index is 12.9. The first-order valence-electron chi connectivity index (χ1n) is 9.73. The Kier molecular flexibility index (Phi) is 6.79. The van der Waals surface area contributed by atoms with Crippen molar-refractivity contribution in [2.45, 2.75) is 6.42 Å². The topological polar surface area (TPSA) is 59.8 Å². The molecule has 0 spiro atoms. The maximum Gasteiger partial charge on any atom is 0.339 e. The van der Waals surface area contributed by atoms with Crippen LogP contribution >= 0.6 is 35.6 Å². The highest BCUT2D eigenvalue weighted by Crippen LogP contribution is 2.34. The average molecular weight is 484 g/mol. The number of nitrogens with zero attached hydrogens (tertiary/aromatic N) is 1. The van der Waals surface area contributed by atoms with Crippen LogP contribution in [-0.4, -0.2) is 34.8 Å². The Balaban J connectivity index is 1.50. The number of furan rings is 1. The number of esters is 1. The van der Waals surface area contributed by atoms with E-state index in [9.17, 15) is 9.59 Å². The Morgan fingerprint density at radius 2 is 1.97 bits per heavy atom. The molecule has 32 heavy (non-hydrogen) atoms. The number of hydrogen-bond acceptors (Lipinski definition) is 6. The lowest BCUT2D eigenvalue weighted by atomic mass is 10.1. The predicted molar refractivity (Wildman–Crippen MR) is 131 cm³/mol. The first-order chi connectivity index (χ1) is 15.5. The van der Waals surface area contributed by atoms with Gasteiger partial charge in [0.25, 0.3) is 5.91 Å². The van der Waals surface area contributed by atoms with Crippen LogP contribution < -0.4 is 0 Å². The number of rotatable bonds is 6. The van der Waals surface area contributed by atoms with Gasteiger partial charge in [-0.2, -0.15) is 0 Å². The van der Waals surface area contributed by atoms with Gasteiger partial charge in [-0.1, -0.05) is 65.9 Å². The molecule has 8 heteroatoms. The Bertz CT molecular complexity index is 1220. The van der Waals surface area contributed by atoms with E-state index >= 15 is 0 Å². The first kappa shape index (κ1) is 22.3. The molecule has 3 aromatic rings. The van der Waals surface area contributed by atoms with Crippen molar-refractivity contribution in [3.05, 3.63) is 87.5 Å². The molecule has 0 saturated carbocycles. The van der Waals surface area contributed by atoms with Gasteiger partial charge in [0.2, 0.25) is 0 Å². The lowest BCUT2D eigenvalue weighted by Crippen LogP contribution is -2.30. The molecule has 1 aliphatic rings. The van der Waals surface area contributed by atoms with E-state index in [2.05, 4.69) is 0 Å². The zero-order valence-electron chi connectivity index (χ0n) is 17.0. The molecule has 5 nitrogen and oxygen atoms in total. The summed E-state index contributed by atoms with van der Waals surface area (Å²) in [4.78, 5) is 26.9. The van der Waals surface area contributed by atoms with Crippen LogP contribution in [0, 0.1) is 0 Å². The van der Waals surface area contributed by atoms with Gasteiger partial charge in [-0.05, 0) is 42.3 Å². The third-order valence-corrected chi connectivity index (χ3v) is 6.60. The van der Waals surface area contributed by atoms with Crippen LogP contribution in [0.25, 0.3) is 17.4 Å². The molecule has 0 radical (unpaired) electrons. The lowest BCUT2D eigenvalue weighted by Gasteiger charge is -2.14. The number of carbonyl (C=O) groups excluding carboxylic acids is 2. The van der Waals surface area contributed by atoms with Crippen LogP contribution in [0.1, 0.15) is 21.7 Å². The number of thiocarbonyl (C=S) groups is 1. The summed E-state index contributed by atoms with van der Waals surface area (Å²) in [5.41, 5.74) is 2.07. The summed E-state index contributed by atoms with van der Waals surface area (Å²) in [6, 6.07) is 18.5. The summed E-state index contributed by atoms with van der Waals surface area (Å²) in [6.07, 6.45) is 2.41. The number of thioether (sulfide) groups is 1. The van der Waals surface area contributed by atoms with Crippen molar-refractivity contribution < 1.29 is 18.7 Å². The van der Waals surface area contributed by atoms with Crippen LogP contribution in [0.3, 0.4) is 0 Å². The highest BCUT2D eigenvalue weighted by atomic mass is 35.5. The minimum absolute atomic E-state index is 0.131. The van der Waals surface area contributed by atoms with Crippen molar-refractivity contribution in [1.29, 1.82) is 0 Å². The molecule has 0 aliphatic carbocycles. The molecule has 0 N–H and O–H groups in total. The second-order valence-electron chi connectivity index (χ2n) is 6.96. The van der Waals surface area contributed by atoms with Crippen molar-refractivity contribution in [3.8, 4) is 11.3 Å². The van der Waals surface area contributed by atoms with Gasteiger partial charge in [0.05, 0.1) is 22.6 Å². The maximum atomic E-state index is 12.9. The highest BCUT2D eigenvalue weighted by molar-refractivity contribution is 8.26. The molecule has 0 unspecified atom stereocenters. The molecular formula is C24H18ClNO4S2. The van der Waals surface area contributed by atoms with Gasteiger partial charge < -0.3 is 9.15 Å². The van der Waals surface area contributed by atoms with Crippen molar-refractivity contribution in [1.82, 2.24) is 4.90 Å². The number of ether oxygens (including phenoxy) is 1. The number of halogens is 1. The minimum atomic E-state index is -0.525. The molecule has 2 heterocycles. The predicted octanol–water partition coefficient (Wildman–Crippen LogP) is 5.83. The fraction of sp³-hybridized carbons (Fsp3) is 0.125. The van der Waals surface area contributed by atoms with E-state index in [1.165, 1.54) is 18.9 Å². The van der Waals surface area contributed by atoms with Gasteiger partial charge in [0.15, 0.2) is 0 Å². The molecule has 4 rings (SSSR count). The second-order valence-corrected chi connectivity index (χ2v) is 9.04. The van der Waals surface area contributed by atoms with Gasteiger partial charge >= 0.3 is 5.97 Å². The summed E-state index contributed by atoms with van der Waals surface area (Å²) in [6.45, 7) is 0.524. The third kappa shape index (κ3) is 4.80. The Morgan fingerprint density at radius 3 is 2.72 bits per heavy atom. The summed E-state index contributed by atoms with van der Waals surface area (Å²) in [5.74, 6) is 0.395. The molecule has 0 bridgehead atoms. The van der Waals surface area contributed by atoms with E-state index in [0.717, 1.165) is 12.0 Å². The summed E-state index contributed by atoms with van der Waals surface area (Å²) >= 11 is 12.8. The SMILES string of the molecule is COC(=O)c1cc(-c2ccc(C=C3SC(=S)N(CCc4ccccc4)C3=O)o2)ccc1Cl. The Labute approximate surface area is 200 Å². The number of methoxy groups -OCH3 is 1. The summed E-state index contributed by atoms with van der Waals surface area (Å²) in [7, 11) is 1.30. The zero-order chi connectivity index (χ0) is 22.7. The van der Waals surface area contributed by atoms with Gasteiger partial charge in [0, 0.05) is 18.2 Å². The van der Waals surface area contributed by atoms with Crippen LogP contribution in [0.2, 0.25) is 5.02 Å².